The summed E-state index contributed by atoms with van der Waals surface area (Å²) >= 11 is 0. The molecule has 0 bridgehead atoms. The normalized spacial score (nSPS) is 13.0. The quantitative estimate of drug-likeness (QED) is 0.175. The van der Waals surface area contributed by atoms with E-state index in [1.165, 1.54) is 94.8 Å². The van der Waals surface area contributed by atoms with Gasteiger partial charge < -0.3 is 4.90 Å². The third-order valence-electron chi connectivity index (χ3n) is 11.7. The summed E-state index contributed by atoms with van der Waals surface area (Å²) in [4.78, 5) is 2.51. The molecule has 0 atom stereocenters. The van der Waals surface area contributed by atoms with E-state index >= 15 is 0 Å². The fourth-order valence-corrected chi connectivity index (χ4v) is 9.40. The van der Waals surface area contributed by atoms with Gasteiger partial charge in [0, 0.05) is 16.9 Å². The maximum Gasteiger partial charge on any atom is 0.0726 e. The molecular formula is C52H39N. The van der Waals surface area contributed by atoms with E-state index in [9.17, 15) is 0 Å². The van der Waals surface area contributed by atoms with Crippen molar-refractivity contribution in [2.45, 2.75) is 26.2 Å². The molecule has 0 aliphatic heterocycles. The van der Waals surface area contributed by atoms with Gasteiger partial charge in [-0.3, -0.25) is 0 Å². The average molecular weight is 678 g/mol. The minimum Gasteiger partial charge on any atom is -0.310 e. The Morgan fingerprint density at radius 1 is 0.340 bits per heavy atom. The highest BCUT2D eigenvalue weighted by molar-refractivity contribution is 6.01. The fraction of sp³-hybridized carbons (Fsp3) is 0.0769. The van der Waals surface area contributed by atoms with Crippen molar-refractivity contribution in [1.29, 1.82) is 0 Å². The molecule has 8 aromatic carbocycles. The Hall–Kier alpha value is -6.44. The van der Waals surface area contributed by atoms with Crippen LogP contribution in [0.1, 0.15) is 38.9 Å². The van der Waals surface area contributed by atoms with Crippen LogP contribution in [0.25, 0.3) is 44.5 Å². The summed E-state index contributed by atoms with van der Waals surface area (Å²) in [5, 5.41) is 0. The number of fused-ring (bicyclic) bond motifs is 10. The maximum absolute atomic E-state index is 2.51. The van der Waals surface area contributed by atoms with Crippen molar-refractivity contribution < 1.29 is 0 Å². The van der Waals surface area contributed by atoms with Crippen molar-refractivity contribution >= 4 is 17.1 Å². The Bertz CT molecular complexity index is 2670. The fourth-order valence-electron chi connectivity index (χ4n) is 9.40. The van der Waals surface area contributed by atoms with Crippen LogP contribution in [0.2, 0.25) is 0 Å². The summed E-state index contributed by atoms with van der Waals surface area (Å²) in [7, 11) is 0. The van der Waals surface area contributed by atoms with Crippen molar-refractivity contribution in [3.05, 3.63) is 221 Å². The van der Waals surface area contributed by atoms with Crippen LogP contribution in [0, 0.1) is 20.8 Å². The van der Waals surface area contributed by atoms with E-state index in [0.29, 0.717) is 0 Å². The molecule has 0 unspecified atom stereocenters. The van der Waals surface area contributed by atoms with Gasteiger partial charge in [0.05, 0.1) is 11.1 Å². The first-order chi connectivity index (χ1) is 26.1. The second kappa shape index (κ2) is 12.1. The Morgan fingerprint density at radius 3 is 1.57 bits per heavy atom. The molecule has 0 radical (unpaired) electrons. The van der Waals surface area contributed by atoms with Gasteiger partial charge in [0.25, 0.3) is 0 Å². The Balaban J connectivity index is 1.25. The molecule has 0 saturated carbocycles. The van der Waals surface area contributed by atoms with E-state index in [4.69, 9.17) is 0 Å². The van der Waals surface area contributed by atoms with E-state index in [1.807, 2.05) is 0 Å². The lowest BCUT2D eigenvalue weighted by Crippen LogP contribution is -2.26. The summed E-state index contributed by atoms with van der Waals surface area (Å²) in [5.41, 5.74) is 22.5. The first-order valence-electron chi connectivity index (χ1n) is 18.6. The maximum atomic E-state index is 2.51. The largest absolute Gasteiger partial charge is 0.310 e. The molecule has 0 N–H and O–H groups in total. The third kappa shape index (κ3) is 4.57. The van der Waals surface area contributed by atoms with E-state index in [2.05, 4.69) is 208 Å². The number of anilines is 3. The second-order valence-corrected chi connectivity index (χ2v) is 14.6. The van der Waals surface area contributed by atoms with Crippen LogP contribution < -0.4 is 4.90 Å². The zero-order chi connectivity index (χ0) is 35.7. The summed E-state index contributed by atoms with van der Waals surface area (Å²) in [5.74, 6) is 0. The molecule has 1 nitrogen and oxygen atoms in total. The van der Waals surface area contributed by atoms with Crippen molar-refractivity contribution in [1.82, 2.24) is 0 Å². The predicted molar refractivity (Wildman–Crippen MR) is 223 cm³/mol. The van der Waals surface area contributed by atoms with Gasteiger partial charge in [-0.2, -0.15) is 0 Å². The topological polar surface area (TPSA) is 3.24 Å². The van der Waals surface area contributed by atoms with Crippen LogP contribution in [-0.2, 0) is 5.41 Å². The van der Waals surface area contributed by atoms with Crippen LogP contribution >= 0.6 is 0 Å². The first-order valence-corrected chi connectivity index (χ1v) is 18.6. The molecule has 2 aliphatic carbocycles. The molecular weight excluding hydrogens is 639 g/mol. The van der Waals surface area contributed by atoms with Gasteiger partial charge >= 0.3 is 0 Å². The smallest absolute Gasteiger partial charge is 0.0726 e. The molecule has 53 heavy (non-hydrogen) atoms. The monoisotopic (exact) mass is 677 g/mol. The summed E-state index contributed by atoms with van der Waals surface area (Å²) in [6, 6.07) is 67.5. The molecule has 10 rings (SSSR count). The number of aryl methyl sites for hydroxylation is 3. The molecule has 0 fully saturated rings. The number of benzene rings is 8. The second-order valence-electron chi connectivity index (χ2n) is 14.6. The highest BCUT2D eigenvalue weighted by atomic mass is 15.1. The van der Waals surface area contributed by atoms with Crippen LogP contribution in [0.15, 0.2) is 182 Å². The van der Waals surface area contributed by atoms with Crippen LogP contribution in [0.3, 0.4) is 0 Å². The highest BCUT2D eigenvalue weighted by Crippen LogP contribution is 2.64. The van der Waals surface area contributed by atoms with Gasteiger partial charge in [0.15, 0.2) is 0 Å². The van der Waals surface area contributed by atoms with Crippen LogP contribution in [-0.4, -0.2) is 0 Å². The van der Waals surface area contributed by atoms with Crippen molar-refractivity contribution in [3.63, 3.8) is 0 Å². The molecule has 2 aliphatic rings. The summed E-state index contributed by atoms with van der Waals surface area (Å²) < 4.78 is 0. The van der Waals surface area contributed by atoms with Gasteiger partial charge in [-0.15, -0.1) is 0 Å². The molecule has 0 amide bonds. The van der Waals surface area contributed by atoms with Crippen LogP contribution in [0.5, 0.6) is 0 Å². The zero-order valence-corrected chi connectivity index (χ0v) is 30.3. The highest BCUT2D eigenvalue weighted by Gasteiger charge is 2.52. The number of hydrogen-bond donors (Lipinski definition) is 0. The Labute approximate surface area is 312 Å². The number of nitrogens with zero attached hydrogens (tertiary/aromatic N) is 1. The van der Waals surface area contributed by atoms with Gasteiger partial charge in [-0.05, 0) is 129 Å². The average Bonchev–Trinajstić information content (AvgIpc) is 3.67. The summed E-state index contributed by atoms with van der Waals surface area (Å²) in [6.07, 6.45) is 0. The van der Waals surface area contributed by atoms with Crippen molar-refractivity contribution in [3.8, 4) is 44.5 Å². The number of hydrogen-bond acceptors (Lipinski definition) is 1. The zero-order valence-electron chi connectivity index (χ0n) is 30.3. The molecule has 0 aromatic heterocycles. The lowest BCUT2D eigenvalue weighted by molar-refractivity contribution is 0.794. The van der Waals surface area contributed by atoms with Gasteiger partial charge in [-0.25, -0.2) is 0 Å². The van der Waals surface area contributed by atoms with Crippen molar-refractivity contribution in [2.75, 3.05) is 4.90 Å². The third-order valence-corrected chi connectivity index (χ3v) is 11.7. The van der Waals surface area contributed by atoms with Gasteiger partial charge in [-0.1, -0.05) is 152 Å². The molecule has 0 saturated heterocycles. The Morgan fingerprint density at radius 2 is 0.906 bits per heavy atom. The molecule has 1 spiro atoms. The lowest BCUT2D eigenvalue weighted by Gasteiger charge is -2.32. The minimum atomic E-state index is -0.405. The predicted octanol–water partition coefficient (Wildman–Crippen LogP) is 13.8. The Kier molecular flexibility index (Phi) is 7.13. The standard InChI is InChI=1S/C52H39N/c1-34-16-7-8-19-40(34)41-30-29-39(33-35(41)2)53(49-31-28-38(32-36(49)3)37-17-5-4-6-18-37)50-27-15-26-48-51(50)44-22-11-14-25-47(44)52(48)45-23-12-9-20-42(45)43-21-10-13-24-46(43)52/h4-33H,1-3H3. The van der Waals surface area contributed by atoms with E-state index < -0.39 is 5.41 Å². The molecule has 1 heteroatoms. The van der Waals surface area contributed by atoms with E-state index in [1.54, 1.807) is 0 Å². The SMILES string of the molecule is Cc1ccccc1-c1ccc(N(c2ccc(-c3ccccc3)cc2C)c2cccc3c2-c2ccccc2C32c3ccccc3-c3ccccc32)cc1C. The van der Waals surface area contributed by atoms with Gasteiger partial charge in [0.1, 0.15) is 0 Å². The van der Waals surface area contributed by atoms with Gasteiger partial charge in [0.2, 0.25) is 0 Å². The van der Waals surface area contributed by atoms with E-state index in [-0.39, 0.29) is 0 Å². The molecule has 0 heterocycles. The van der Waals surface area contributed by atoms with E-state index in [0.717, 1.165) is 5.69 Å². The van der Waals surface area contributed by atoms with Crippen LogP contribution in [0.4, 0.5) is 17.1 Å². The minimum absolute atomic E-state index is 0.405. The molecule has 252 valence electrons. The van der Waals surface area contributed by atoms with Crippen molar-refractivity contribution in [2.24, 2.45) is 0 Å². The summed E-state index contributed by atoms with van der Waals surface area (Å²) in [6.45, 7) is 6.71. The first kappa shape index (κ1) is 31.3. The number of rotatable bonds is 5. The lowest BCUT2D eigenvalue weighted by atomic mass is 9.70. The molecule has 8 aromatic rings.